The summed E-state index contributed by atoms with van der Waals surface area (Å²) in [5, 5.41) is 2.98. The van der Waals surface area contributed by atoms with E-state index >= 15 is 0 Å². The van der Waals surface area contributed by atoms with Gasteiger partial charge in [-0.25, -0.2) is 4.79 Å². The first-order valence-corrected chi connectivity index (χ1v) is 9.49. The molecule has 3 aliphatic heterocycles. The Bertz CT molecular complexity index is 725. The summed E-state index contributed by atoms with van der Waals surface area (Å²) in [5.74, 6) is 0.0534. The van der Waals surface area contributed by atoms with Crippen LogP contribution in [0, 0.1) is 0 Å². The van der Waals surface area contributed by atoms with Crippen LogP contribution in [0.5, 0.6) is 0 Å². The van der Waals surface area contributed by atoms with Crippen LogP contribution in [-0.4, -0.2) is 66.4 Å². The molecule has 1 atom stereocenters. The predicted molar refractivity (Wildman–Crippen MR) is 99.4 cm³/mol. The second-order valence-corrected chi connectivity index (χ2v) is 7.34. The van der Waals surface area contributed by atoms with Crippen molar-refractivity contribution >= 4 is 11.9 Å². The summed E-state index contributed by atoms with van der Waals surface area (Å²) >= 11 is 0. The maximum Gasteiger partial charge on any atom is 0.322 e. The standard InChI is InChI=1S/C20H26N4O2/c1-22-16-14-24(13-12-23-10-6-3-7-11-23)19(25)17(16)18(21-20(22)26)15-8-4-2-5-9-15/h2,4-5,8-9,18H,3,6-7,10-14H2,1H3,(H,21,26). The molecular weight excluding hydrogens is 328 g/mol. The summed E-state index contributed by atoms with van der Waals surface area (Å²) in [6, 6.07) is 9.23. The first-order valence-electron chi connectivity index (χ1n) is 9.49. The van der Waals surface area contributed by atoms with Crippen LogP contribution in [0.1, 0.15) is 30.9 Å². The van der Waals surface area contributed by atoms with E-state index in [9.17, 15) is 9.59 Å². The highest BCUT2D eigenvalue weighted by Crippen LogP contribution is 2.35. The molecule has 0 bridgehead atoms. The van der Waals surface area contributed by atoms with Crippen molar-refractivity contribution in [1.82, 2.24) is 20.0 Å². The lowest BCUT2D eigenvalue weighted by Crippen LogP contribution is -2.45. The van der Waals surface area contributed by atoms with Gasteiger partial charge in [0.05, 0.1) is 23.9 Å². The van der Waals surface area contributed by atoms with E-state index in [4.69, 9.17) is 0 Å². The quantitative estimate of drug-likeness (QED) is 0.899. The Kier molecular flexibility index (Phi) is 4.68. The van der Waals surface area contributed by atoms with Gasteiger partial charge in [-0.2, -0.15) is 0 Å². The molecule has 138 valence electrons. The third-order valence-corrected chi connectivity index (χ3v) is 5.70. The van der Waals surface area contributed by atoms with E-state index in [1.807, 2.05) is 35.2 Å². The van der Waals surface area contributed by atoms with Crippen LogP contribution in [-0.2, 0) is 4.79 Å². The molecule has 0 aromatic heterocycles. The monoisotopic (exact) mass is 354 g/mol. The van der Waals surface area contributed by atoms with E-state index in [2.05, 4.69) is 10.2 Å². The van der Waals surface area contributed by atoms with Crippen molar-refractivity contribution in [3.8, 4) is 0 Å². The van der Waals surface area contributed by atoms with Gasteiger partial charge in [-0.1, -0.05) is 36.8 Å². The molecule has 1 saturated heterocycles. The largest absolute Gasteiger partial charge is 0.332 e. The van der Waals surface area contributed by atoms with E-state index < -0.39 is 0 Å². The maximum atomic E-state index is 13.1. The molecule has 6 nitrogen and oxygen atoms in total. The Morgan fingerprint density at radius 3 is 2.50 bits per heavy atom. The minimum Gasteiger partial charge on any atom is -0.332 e. The average molecular weight is 354 g/mol. The van der Waals surface area contributed by atoms with Gasteiger partial charge in [-0.3, -0.25) is 9.69 Å². The number of likely N-dealkylation sites (N-methyl/N-ethyl adjacent to an activating group) is 1. The Morgan fingerprint density at radius 1 is 1.04 bits per heavy atom. The number of hydrogen-bond acceptors (Lipinski definition) is 3. The molecule has 1 unspecified atom stereocenters. The van der Waals surface area contributed by atoms with Gasteiger partial charge in [-0.15, -0.1) is 0 Å². The van der Waals surface area contributed by atoms with Crippen LogP contribution in [0.4, 0.5) is 4.79 Å². The Morgan fingerprint density at radius 2 is 1.77 bits per heavy atom. The fourth-order valence-electron chi connectivity index (χ4n) is 4.14. The van der Waals surface area contributed by atoms with Crippen molar-refractivity contribution in [2.24, 2.45) is 0 Å². The zero-order valence-electron chi connectivity index (χ0n) is 15.3. The SMILES string of the molecule is CN1C(=O)NC(c2ccccc2)C2=C1CN(CCN1CCCCC1)C2=O. The summed E-state index contributed by atoms with van der Waals surface area (Å²) in [6.45, 7) is 4.40. The van der Waals surface area contributed by atoms with Gasteiger partial charge < -0.3 is 15.1 Å². The summed E-state index contributed by atoms with van der Waals surface area (Å²) in [7, 11) is 1.74. The van der Waals surface area contributed by atoms with Crippen molar-refractivity contribution in [1.29, 1.82) is 0 Å². The topological polar surface area (TPSA) is 55.9 Å². The maximum absolute atomic E-state index is 13.1. The highest BCUT2D eigenvalue weighted by Gasteiger charge is 2.42. The normalized spacial score (nSPS) is 24.1. The number of rotatable bonds is 4. The number of amides is 3. The van der Waals surface area contributed by atoms with Gasteiger partial charge in [0.2, 0.25) is 0 Å². The van der Waals surface area contributed by atoms with Crippen LogP contribution in [0.25, 0.3) is 0 Å². The van der Waals surface area contributed by atoms with E-state index in [0.29, 0.717) is 6.54 Å². The molecule has 6 heteroatoms. The van der Waals surface area contributed by atoms with Gasteiger partial charge in [0, 0.05) is 20.1 Å². The highest BCUT2D eigenvalue weighted by atomic mass is 16.2. The van der Waals surface area contributed by atoms with Crippen molar-refractivity contribution < 1.29 is 9.59 Å². The molecule has 0 spiro atoms. The van der Waals surface area contributed by atoms with Crippen LogP contribution < -0.4 is 5.32 Å². The molecule has 0 saturated carbocycles. The molecule has 1 aromatic rings. The number of benzene rings is 1. The number of carbonyl (C=O) groups excluding carboxylic acids is 2. The number of urea groups is 1. The Hall–Kier alpha value is -2.34. The van der Waals surface area contributed by atoms with Crippen LogP contribution in [0.15, 0.2) is 41.6 Å². The van der Waals surface area contributed by atoms with Gasteiger partial charge in [0.15, 0.2) is 0 Å². The van der Waals surface area contributed by atoms with Crippen LogP contribution in [0.3, 0.4) is 0 Å². The molecule has 3 amide bonds. The minimum absolute atomic E-state index is 0.0534. The van der Waals surface area contributed by atoms with Crippen molar-refractivity contribution in [2.45, 2.75) is 25.3 Å². The number of likely N-dealkylation sites (tertiary alicyclic amines) is 1. The first-order chi connectivity index (χ1) is 12.6. The summed E-state index contributed by atoms with van der Waals surface area (Å²) in [6.07, 6.45) is 3.81. The molecule has 4 rings (SSSR count). The summed E-state index contributed by atoms with van der Waals surface area (Å²) in [4.78, 5) is 31.4. The molecule has 1 fully saturated rings. The van der Waals surface area contributed by atoms with Crippen molar-refractivity contribution in [3.05, 3.63) is 47.2 Å². The lowest BCUT2D eigenvalue weighted by Gasteiger charge is -2.31. The minimum atomic E-state index is -0.359. The summed E-state index contributed by atoms with van der Waals surface area (Å²) < 4.78 is 0. The fraction of sp³-hybridized carbons (Fsp3) is 0.500. The number of hydrogen-bond donors (Lipinski definition) is 1. The molecular formula is C20H26N4O2. The van der Waals surface area contributed by atoms with Crippen LogP contribution in [0.2, 0.25) is 0 Å². The van der Waals surface area contributed by atoms with E-state index in [1.54, 1.807) is 11.9 Å². The first kappa shape index (κ1) is 17.1. The number of nitrogens with one attached hydrogen (secondary N) is 1. The second-order valence-electron chi connectivity index (χ2n) is 7.34. The fourth-order valence-corrected chi connectivity index (χ4v) is 4.14. The van der Waals surface area contributed by atoms with Gasteiger partial charge in [-0.05, 0) is 31.5 Å². The lowest BCUT2D eigenvalue weighted by atomic mass is 9.96. The van der Waals surface area contributed by atoms with E-state index in [1.165, 1.54) is 19.3 Å². The van der Waals surface area contributed by atoms with E-state index in [-0.39, 0.29) is 18.0 Å². The van der Waals surface area contributed by atoms with E-state index in [0.717, 1.165) is 43.0 Å². The third kappa shape index (κ3) is 3.09. The predicted octanol–water partition coefficient (Wildman–Crippen LogP) is 1.96. The van der Waals surface area contributed by atoms with Gasteiger partial charge >= 0.3 is 6.03 Å². The zero-order chi connectivity index (χ0) is 18.1. The summed E-state index contributed by atoms with van der Waals surface area (Å²) in [5.41, 5.74) is 2.51. The van der Waals surface area contributed by atoms with Crippen molar-refractivity contribution in [3.63, 3.8) is 0 Å². The second kappa shape index (κ2) is 7.11. The molecule has 26 heavy (non-hydrogen) atoms. The number of carbonyl (C=O) groups is 2. The number of piperidine rings is 1. The Balaban J connectivity index is 1.53. The molecule has 1 N–H and O–H groups in total. The smallest absolute Gasteiger partial charge is 0.322 e. The van der Waals surface area contributed by atoms with Crippen molar-refractivity contribution in [2.75, 3.05) is 39.8 Å². The number of nitrogens with zero attached hydrogens (tertiary/aromatic N) is 3. The molecule has 1 aromatic carbocycles. The average Bonchev–Trinajstić information content (AvgIpc) is 3.01. The Labute approximate surface area is 154 Å². The molecule has 3 aliphatic rings. The molecule has 0 aliphatic carbocycles. The highest BCUT2D eigenvalue weighted by molar-refractivity contribution is 6.01. The molecule has 0 radical (unpaired) electrons. The molecule has 3 heterocycles. The lowest BCUT2D eigenvalue weighted by molar-refractivity contribution is -0.126. The van der Waals surface area contributed by atoms with Gasteiger partial charge in [0.1, 0.15) is 0 Å². The van der Waals surface area contributed by atoms with Crippen LogP contribution >= 0.6 is 0 Å². The zero-order valence-corrected chi connectivity index (χ0v) is 15.3. The van der Waals surface area contributed by atoms with Gasteiger partial charge in [0.25, 0.3) is 5.91 Å². The third-order valence-electron chi connectivity index (χ3n) is 5.70.